The van der Waals surface area contributed by atoms with Gasteiger partial charge in [-0.1, -0.05) is 18.2 Å². The van der Waals surface area contributed by atoms with Gasteiger partial charge in [0.2, 0.25) is 5.91 Å². The predicted octanol–water partition coefficient (Wildman–Crippen LogP) is 2.80. The van der Waals surface area contributed by atoms with Crippen molar-refractivity contribution in [2.45, 2.75) is 6.54 Å². The van der Waals surface area contributed by atoms with Crippen LogP contribution >= 0.6 is 0 Å². The molecule has 0 saturated heterocycles. The zero-order valence-electron chi connectivity index (χ0n) is 12.5. The second-order valence-corrected chi connectivity index (χ2v) is 5.15. The molecule has 0 unspecified atom stereocenters. The van der Waals surface area contributed by atoms with Crippen molar-refractivity contribution in [2.75, 3.05) is 18.9 Å². The first-order valence-electron chi connectivity index (χ1n) is 6.91. The fourth-order valence-corrected chi connectivity index (χ4v) is 2.10. The summed E-state index contributed by atoms with van der Waals surface area (Å²) in [6.07, 6.45) is 0. The second kappa shape index (κ2) is 7.46. The van der Waals surface area contributed by atoms with Crippen LogP contribution in [0.15, 0.2) is 48.5 Å². The number of non-ortho nitro benzene ring substituents is 1. The van der Waals surface area contributed by atoms with Crippen LogP contribution in [0, 0.1) is 15.9 Å². The fourth-order valence-electron chi connectivity index (χ4n) is 2.10. The van der Waals surface area contributed by atoms with Gasteiger partial charge >= 0.3 is 0 Å². The molecule has 0 aliphatic rings. The van der Waals surface area contributed by atoms with Crippen molar-refractivity contribution in [1.29, 1.82) is 0 Å². The number of nitro benzene ring substituents is 1. The molecule has 0 radical (unpaired) electrons. The van der Waals surface area contributed by atoms with Gasteiger partial charge in [0.1, 0.15) is 5.82 Å². The molecule has 6 nitrogen and oxygen atoms in total. The normalized spacial score (nSPS) is 10.6. The van der Waals surface area contributed by atoms with Crippen LogP contribution in [0.5, 0.6) is 0 Å². The molecule has 0 fully saturated rings. The van der Waals surface area contributed by atoms with Crippen molar-refractivity contribution in [2.24, 2.45) is 0 Å². The third kappa shape index (κ3) is 5.15. The predicted molar refractivity (Wildman–Crippen MR) is 84.5 cm³/mol. The van der Waals surface area contributed by atoms with E-state index in [4.69, 9.17) is 0 Å². The smallest absolute Gasteiger partial charge is 0.271 e. The molecule has 2 aromatic rings. The molecular weight excluding hydrogens is 301 g/mol. The highest BCUT2D eigenvalue weighted by Gasteiger charge is 2.10. The maximum atomic E-state index is 12.8. The van der Waals surface area contributed by atoms with E-state index in [0.717, 1.165) is 5.56 Å². The van der Waals surface area contributed by atoms with E-state index >= 15 is 0 Å². The van der Waals surface area contributed by atoms with Crippen molar-refractivity contribution in [3.05, 3.63) is 70.0 Å². The highest BCUT2D eigenvalue weighted by Crippen LogP contribution is 2.17. The molecule has 0 heterocycles. The van der Waals surface area contributed by atoms with Crippen LogP contribution in [-0.2, 0) is 11.3 Å². The molecule has 120 valence electrons. The lowest BCUT2D eigenvalue weighted by Gasteiger charge is -2.16. The number of anilines is 1. The Hall–Kier alpha value is -2.80. The van der Waals surface area contributed by atoms with Gasteiger partial charge in [0.05, 0.1) is 11.5 Å². The van der Waals surface area contributed by atoms with Crippen molar-refractivity contribution < 1.29 is 14.1 Å². The number of carbonyl (C=O) groups is 1. The molecule has 7 heteroatoms. The topological polar surface area (TPSA) is 75.5 Å². The van der Waals surface area contributed by atoms with Gasteiger partial charge in [-0.05, 0) is 30.8 Å². The van der Waals surface area contributed by atoms with Crippen LogP contribution in [0.1, 0.15) is 5.56 Å². The Morgan fingerprint density at radius 2 is 1.96 bits per heavy atom. The number of nitrogens with zero attached hydrogens (tertiary/aromatic N) is 2. The summed E-state index contributed by atoms with van der Waals surface area (Å²) in [5.74, 6) is -0.588. The average molecular weight is 317 g/mol. The van der Waals surface area contributed by atoms with Gasteiger partial charge in [-0.3, -0.25) is 19.8 Å². The standard InChI is InChI=1S/C16H16FN3O3/c1-19(10-12-5-7-13(17)8-6-12)11-16(21)18-14-3-2-4-15(9-14)20(22)23/h2-9H,10-11H2,1H3,(H,18,21). The Morgan fingerprint density at radius 1 is 1.26 bits per heavy atom. The van der Waals surface area contributed by atoms with Crippen molar-refractivity contribution >= 4 is 17.3 Å². The van der Waals surface area contributed by atoms with Gasteiger partial charge in [-0.2, -0.15) is 0 Å². The van der Waals surface area contributed by atoms with Crippen LogP contribution < -0.4 is 5.32 Å². The number of nitrogens with one attached hydrogen (secondary N) is 1. The molecule has 0 aromatic heterocycles. The number of halogens is 1. The molecule has 1 amide bonds. The first-order chi connectivity index (χ1) is 10.9. The van der Waals surface area contributed by atoms with E-state index in [1.807, 2.05) is 0 Å². The lowest BCUT2D eigenvalue weighted by Crippen LogP contribution is -2.29. The minimum Gasteiger partial charge on any atom is -0.325 e. The van der Waals surface area contributed by atoms with E-state index in [1.165, 1.54) is 30.3 Å². The molecule has 0 spiro atoms. The van der Waals surface area contributed by atoms with E-state index in [9.17, 15) is 19.3 Å². The number of rotatable bonds is 6. The molecule has 2 rings (SSSR count). The van der Waals surface area contributed by atoms with Gasteiger partial charge in [-0.25, -0.2) is 4.39 Å². The second-order valence-electron chi connectivity index (χ2n) is 5.15. The first-order valence-corrected chi connectivity index (χ1v) is 6.91. The van der Waals surface area contributed by atoms with Crippen LogP contribution in [0.25, 0.3) is 0 Å². The Balaban J connectivity index is 1.90. The number of hydrogen-bond donors (Lipinski definition) is 1. The maximum absolute atomic E-state index is 12.8. The molecule has 0 aliphatic heterocycles. The van der Waals surface area contributed by atoms with E-state index in [1.54, 1.807) is 30.1 Å². The van der Waals surface area contributed by atoms with E-state index in [2.05, 4.69) is 5.32 Å². The molecule has 0 atom stereocenters. The van der Waals surface area contributed by atoms with Crippen molar-refractivity contribution in [3.63, 3.8) is 0 Å². The van der Waals surface area contributed by atoms with Crippen LogP contribution in [-0.4, -0.2) is 29.3 Å². The summed E-state index contributed by atoms with van der Waals surface area (Å²) in [6.45, 7) is 0.600. The number of benzene rings is 2. The lowest BCUT2D eigenvalue weighted by atomic mass is 10.2. The highest BCUT2D eigenvalue weighted by molar-refractivity contribution is 5.92. The van der Waals surface area contributed by atoms with Gasteiger partial charge in [-0.15, -0.1) is 0 Å². The maximum Gasteiger partial charge on any atom is 0.271 e. The molecule has 23 heavy (non-hydrogen) atoms. The molecule has 1 N–H and O–H groups in total. The van der Waals surface area contributed by atoms with Crippen LogP contribution in [0.2, 0.25) is 0 Å². The zero-order valence-corrected chi connectivity index (χ0v) is 12.5. The summed E-state index contributed by atoms with van der Waals surface area (Å²) in [7, 11) is 1.76. The summed E-state index contributed by atoms with van der Waals surface area (Å²) >= 11 is 0. The molecule has 2 aromatic carbocycles. The SMILES string of the molecule is CN(CC(=O)Nc1cccc([N+](=O)[O-])c1)Cc1ccc(F)cc1. The highest BCUT2D eigenvalue weighted by atomic mass is 19.1. The monoisotopic (exact) mass is 317 g/mol. The van der Waals surface area contributed by atoms with Gasteiger partial charge in [0.15, 0.2) is 0 Å². The summed E-state index contributed by atoms with van der Waals surface area (Å²) in [4.78, 5) is 23.9. The summed E-state index contributed by atoms with van der Waals surface area (Å²) in [5.41, 5.74) is 1.18. The van der Waals surface area contributed by atoms with Gasteiger partial charge in [0, 0.05) is 24.4 Å². The fraction of sp³-hybridized carbons (Fsp3) is 0.188. The number of carbonyl (C=O) groups excluding carboxylic acids is 1. The molecular formula is C16H16FN3O3. The molecule has 0 saturated carbocycles. The number of nitro groups is 1. The van der Waals surface area contributed by atoms with Gasteiger partial charge < -0.3 is 5.32 Å². The number of amides is 1. The van der Waals surface area contributed by atoms with Crippen LogP contribution in [0.4, 0.5) is 15.8 Å². The van der Waals surface area contributed by atoms with E-state index < -0.39 is 4.92 Å². The Morgan fingerprint density at radius 3 is 2.61 bits per heavy atom. The Labute approximate surface area is 132 Å². The summed E-state index contributed by atoms with van der Waals surface area (Å²) in [5, 5.41) is 13.3. The third-order valence-corrected chi connectivity index (χ3v) is 3.12. The van der Waals surface area contributed by atoms with E-state index in [0.29, 0.717) is 12.2 Å². The quantitative estimate of drug-likeness (QED) is 0.656. The van der Waals surface area contributed by atoms with Crippen molar-refractivity contribution in [1.82, 2.24) is 4.90 Å². The molecule has 0 bridgehead atoms. The Bertz CT molecular complexity index is 704. The van der Waals surface area contributed by atoms with Crippen molar-refractivity contribution in [3.8, 4) is 0 Å². The minimum atomic E-state index is -0.518. The lowest BCUT2D eigenvalue weighted by molar-refractivity contribution is -0.384. The van der Waals surface area contributed by atoms with E-state index in [-0.39, 0.29) is 24.0 Å². The average Bonchev–Trinajstić information content (AvgIpc) is 2.49. The summed E-state index contributed by atoms with van der Waals surface area (Å²) in [6, 6.07) is 11.8. The largest absolute Gasteiger partial charge is 0.325 e. The zero-order chi connectivity index (χ0) is 16.8. The van der Waals surface area contributed by atoms with Gasteiger partial charge in [0.25, 0.3) is 5.69 Å². The summed E-state index contributed by atoms with van der Waals surface area (Å²) < 4.78 is 12.8. The third-order valence-electron chi connectivity index (χ3n) is 3.12. The minimum absolute atomic E-state index is 0.0810. The number of likely N-dealkylation sites (N-methyl/N-ethyl adjacent to an activating group) is 1. The number of hydrogen-bond acceptors (Lipinski definition) is 4. The molecule has 0 aliphatic carbocycles. The first kappa shape index (κ1) is 16.6. The van der Waals surface area contributed by atoms with Crippen LogP contribution in [0.3, 0.4) is 0 Å². The Kier molecular flexibility index (Phi) is 5.37.